The maximum Gasteiger partial charge on any atom is 0.258 e. The number of hydrogen-bond acceptors (Lipinski definition) is 5. The molecule has 0 saturated heterocycles. The molecule has 1 amide bonds. The van der Waals surface area contributed by atoms with Gasteiger partial charge in [0.1, 0.15) is 18.4 Å². The Morgan fingerprint density at radius 3 is 2.31 bits per heavy atom. The van der Waals surface area contributed by atoms with Crippen LogP contribution in [0.4, 0.5) is 0 Å². The molecule has 4 rings (SSSR count). The molecule has 4 aromatic rings. The van der Waals surface area contributed by atoms with Gasteiger partial charge in [-0.25, -0.2) is 13.8 Å². The van der Waals surface area contributed by atoms with Crippen LogP contribution in [0.2, 0.25) is 5.02 Å². The van der Waals surface area contributed by atoms with Gasteiger partial charge in [-0.2, -0.15) is 9.82 Å². The Kier molecular flexibility index (Phi) is 9.49. The van der Waals surface area contributed by atoms with Crippen molar-refractivity contribution in [2.75, 3.05) is 0 Å². The highest BCUT2D eigenvalue weighted by atomic mass is 35.5. The molecule has 9 heteroatoms. The van der Waals surface area contributed by atoms with Gasteiger partial charge in [0.15, 0.2) is 0 Å². The lowest BCUT2D eigenvalue weighted by Crippen LogP contribution is -2.46. The summed E-state index contributed by atoms with van der Waals surface area (Å²) in [7, 11) is -3.94. The fraction of sp³-hybridized carbons (Fsp3) is 0.133. The van der Waals surface area contributed by atoms with E-state index in [4.69, 9.17) is 16.3 Å². The van der Waals surface area contributed by atoms with Crippen molar-refractivity contribution in [2.24, 2.45) is 5.10 Å². The van der Waals surface area contributed by atoms with Crippen LogP contribution in [-0.2, 0) is 27.8 Å². The molecule has 7 nitrogen and oxygen atoms in total. The minimum Gasteiger partial charge on any atom is -0.489 e. The SMILES string of the molecule is Cc1ccc(S(=O)(=O)NC(Cc2ccccc2)C(=O)NN=Cc2ccc(OCc3cccc(Cl)c3)cc2)cc1. The smallest absolute Gasteiger partial charge is 0.258 e. The lowest BCUT2D eigenvalue weighted by Gasteiger charge is -2.17. The number of ether oxygens (including phenoxy) is 1. The Hall–Kier alpha value is -3.98. The third-order valence-electron chi connectivity index (χ3n) is 5.79. The summed E-state index contributed by atoms with van der Waals surface area (Å²) in [5.41, 5.74) is 5.89. The van der Waals surface area contributed by atoms with E-state index in [1.54, 1.807) is 42.5 Å². The van der Waals surface area contributed by atoms with Crippen LogP contribution in [0.15, 0.2) is 113 Å². The number of rotatable bonds is 11. The number of amides is 1. The summed E-state index contributed by atoms with van der Waals surface area (Å²) in [6.07, 6.45) is 1.64. The average Bonchev–Trinajstić information content (AvgIpc) is 2.93. The first kappa shape index (κ1) is 28.0. The lowest BCUT2D eigenvalue weighted by atomic mass is 10.1. The molecule has 4 aromatic carbocycles. The maximum atomic E-state index is 13.0. The predicted molar refractivity (Wildman–Crippen MR) is 153 cm³/mol. The zero-order chi connectivity index (χ0) is 27.7. The van der Waals surface area contributed by atoms with E-state index in [0.717, 1.165) is 22.3 Å². The molecule has 0 heterocycles. The largest absolute Gasteiger partial charge is 0.489 e. The second kappa shape index (κ2) is 13.2. The standard InChI is InChI=1S/C30H28ClN3O4S/c1-22-10-16-28(17-11-22)39(36,37)34-29(19-23-6-3-2-4-7-23)30(35)33-32-20-24-12-14-27(15-13-24)38-21-25-8-5-9-26(31)18-25/h2-18,20,29,34H,19,21H2,1H3,(H,33,35). The molecule has 0 aromatic heterocycles. The van der Waals surface area contributed by atoms with Crippen LogP contribution >= 0.6 is 11.6 Å². The van der Waals surface area contributed by atoms with Gasteiger partial charge in [-0.3, -0.25) is 4.79 Å². The number of halogens is 1. The van der Waals surface area contributed by atoms with E-state index in [2.05, 4.69) is 15.2 Å². The second-order valence-electron chi connectivity index (χ2n) is 8.90. The first-order valence-electron chi connectivity index (χ1n) is 12.2. The number of aryl methyl sites for hydroxylation is 1. The molecule has 0 aliphatic rings. The molecular weight excluding hydrogens is 534 g/mol. The fourth-order valence-electron chi connectivity index (χ4n) is 3.70. The van der Waals surface area contributed by atoms with E-state index in [1.165, 1.54) is 18.3 Å². The number of benzene rings is 4. The van der Waals surface area contributed by atoms with Crippen molar-refractivity contribution in [3.63, 3.8) is 0 Å². The molecule has 1 unspecified atom stereocenters. The zero-order valence-corrected chi connectivity index (χ0v) is 22.8. The van der Waals surface area contributed by atoms with Crippen molar-refractivity contribution in [3.8, 4) is 5.75 Å². The van der Waals surface area contributed by atoms with Gasteiger partial charge in [0, 0.05) is 5.02 Å². The molecule has 0 fully saturated rings. The molecule has 39 heavy (non-hydrogen) atoms. The molecule has 200 valence electrons. The van der Waals surface area contributed by atoms with E-state index >= 15 is 0 Å². The third-order valence-corrected chi connectivity index (χ3v) is 7.51. The Bertz CT molecular complexity index is 1520. The quantitative estimate of drug-likeness (QED) is 0.193. The summed E-state index contributed by atoms with van der Waals surface area (Å²) in [6.45, 7) is 2.25. The van der Waals surface area contributed by atoms with Gasteiger partial charge < -0.3 is 4.74 Å². The van der Waals surface area contributed by atoms with Crippen LogP contribution in [0.25, 0.3) is 0 Å². The third kappa shape index (κ3) is 8.51. The number of carbonyl (C=O) groups excluding carboxylic acids is 1. The molecule has 0 spiro atoms. The maximum absolute atomic E-state index is 13.0. The summed E-state index contributed by atoms with van der Waals surface area (Å²) in [6, 6.07) is 29.2. The van der Waals surface area contributed by atoms with Crippen LogP contribution in [0, 0.1) is 6.92 Å². The topological polar surface area (TPSA) is 96.9 Å². The highest BCUT2D eigenvalue weighted by Gasteiger charge is 2.26. The molecule has 0 saturated carbocycles. The monoisotopic (exact) mass is 561 g/mol. The fourth-order valence-corrected chi connectivity index (χ4v) is 5.11. The van der Waals surface area contributed by atoms with Crippen molar-refractivity contribution in [1.82, 2.24) is 10.1 Å². The van der Waals surface area contributed by atoms with E-state index in [1.807, 2.05) is 55.5 Å². The summed E-state index contributed by atoms with van der Waals surface area (Å²) in [4.78, 5) is 13.1. The van der Waals surface area contributed by atoms with Gasteiger partial charge in [-0.1, -0.05) is 71.8 Å². The van der Waals surface area contributed by atoms with Gasteiger partial charge in [0.05, 0.1) is 11.1 Å². The Labute approximate surface area is 233 Å². The summed E-state index contributed by atoms with van der Waals surface area (Å²) in [5, 5.41) is 4.69. The molecule has 1 atom stereocenters. The van der Waals surface area contributed by atoms with Crippen molar-refractivity contribution in [1.29, 1.82) is 0 Å². The lowest BCUT2D eigenvalue weighted by molar-refractivity contribution is -0.122. The number of sulfonamides is 1. The Morgan fingerprint density at radius 1 is 0.923 bits per heavy atom. The summed E-state index contributed by atoms with van der Waals surface area (Å²) >= 11 is 6.01. The van der Waals surface area contributed by atoms with Crippen LogP contribution in [-0.4, -0.2) is 26.6 Å². The zero-order valence-electron chi connectivity index (χ0n) is 21.3. The molecule has 0 radical (unpaired) electrons. The molecule has 0 bridgehead atoms. The number of nitrogens with zero attached hydrogens (tertiary/aromatic N) is 1. The molecule has 0 aliphatic carbocycles. The van der Waals surface area contributed by atoms with Crippen molar-refractivity contribution < 1.29 is 17.9 Å². The van der Waals surface area contributed by atoms with E-state index in [-0.39, 0.29) is 11.3 Å². The normalized spacial score (nSPS) is 12.3. The minimum absolute atomic E-state index is 0.0835. The molecule has 2 N–H and O–H groups in total. The van der Waals surface area contributed by atoms with Crippen molar-refractivity contribution in [2.45, 2.75) is 30.9 Å². The van der Waals surface area contributed by atoms with E-state index in [0.29, 0.717) is 17.4 Å². The first-order valence-corrected chi connectivity index (χ1v) is 14.1. The van der Waals surface area contributed by atoms with Crippen LogP contribution in [0.3, 0.4) is 0 Å². The van der Waals surface area contributed by atoms with Crippen molar-refractivity contribution >= 4 is 33.7 Å². The van der Waals surface area contributed by atoms with Gasteiger partial charge in [0.2, 0.25) is 10.0 Å². The number of carbonyl (C=O) groups is 1. The molecular formula is C30H28ClN3O4S. The average molecular weight is 562 g/mol. The van der Waals surface area contributed by atoms with Gasteiger partial charge in [-0.05, 0) is 78.6 Å². The number of hydrogen-bond donors (Lipinski definition) is 2. The Balaban J connectivity index is 1.39. The van der Waals surface area contributed by atoms with Crippen LogP contribution in [0.5, 0.6) is 5.75 Å². The summed E-state index contributed by atoms with van der Waals surface area (Å²) in [5.74, 6) is 0.0943. The predicted octanol–water partition coefficient (Wildman–Crippen LogP) is 5.27. The second-order valence-corrected chi connectivity index (χ2v) is 11.0. The Morgan fingerprint density at radius 2 is 1.62 bits per heavy atom. The van der Waals surface area contributed by atoms with Crippen molar-refractivity contribution in [3.05, 3.63) is 130 Å². The highest BCUT2D eigenvalue weighted by molar-refractivity contribution is 7.89. The van der Waals surface area contributed by atoms with Crippen LogP contribution < -0.4 is 14.9 Å². The van der Waals surface area contributed by atoms with Gasteiger partial charge in [-0.15, -0.1) is 0 Å². The van der Waals surface area contributed by atoms with Crippen LogP contribution in [0.1, 0.15) is 22.3 Å². The summed E-state index contributed by atoms with van der Waals surface area (Å²) < 4.78 is 34.3. The van der Waals surface area contributed by atoms with Gasteiger partial charge in [0.25, 0.3) is 5.91 Å². The molecule has 0 aliphatic heterocycles. The highest BCUT2D eigenvalue weighted by Crippen LogP contribution is 2.16. The van der Waals surface area contributed by atoms with E-state index in [9.17, 15) is 13.2 Å². The number of nitrogens with one attached hydrogen (secondary N) is 2. The minimum atomic E-state index is -3.94. The van der Waals surface area contributed by atoms with E-state index < -0.39 is 22.0 Å². The van der Waals surface area contributed by atoms with Gasteiger partial charge >= 0.3 is 0 Å². The number of hydrazone groups is 1. The first-order chi connectivity index (χ1) is 18.8.